The Labute approximate surface area is 118 Å². The van der Waals surface area contributed by atoms with Crippen molar-refractivity contribution >= 4 is 0 Å². The number of hydrogen-bond donors (Lipinski definition) is 1. The van der Waals surface area contributed by atoms with Crippen LogP contribution in [0.4, 0.5) is 0 Å². The zero-order valence-corrected chi connectivity index (χ0v) is 12.6. The number of rotatable bonds is 6. The van der Waals surface area contributed by atoms with Gasteiger partial charge in [0, 0.05) is 25.2 Å². The maximum absolute atomic E-state index is 3.61. The molecule has 2 rings (SSSR count). The Bertz CT molecular complexity index is 361. The predicted molar refractivity (Wildman–Crippen MR) is 82.3 cm³/mol. The summed E-state index contributed by atoms with van der Waals surface area (Å²) in [5.41, 5.74) is 1.45. The second-order valence-electron chi connectivity index (χ2n) is 6.05. The Morgan fingerprint density at radius 2 is 2.00 bits per heavy atom. The van der Waals surface area contributed by atoms with Crippen molar-refractivity contribution in [2.24, 2.45) is 5.92 Å². The lowest BCUT2D eigenvalue weighted by atomic mass is 10.0. The van der Waals surface area contributed by atoms with Crippen molar-refractivity contribution in [1.82, 2.24) is 10.2 Å². The molecule has 0 spiro atoms. The van der Waals surface area contributed by atoms with Crippen LogP contribution < -0.4 is 5.32 Å². The molecule has 1 aromatic rings. The van der Waals surface area contributed by atoms with Crippen LogP contribution >= 0.6 is 0 Å². The molecule has 1 saturated heterocycles. The van der Waals surface area contributed by atoms with E-state index in [2.05, 4.69) is 61.3 Å². The highest BCUT2D eigenvalue weighted by Crippen LogP contribution is 2.28. The van der Waals surface area contributed by atoms with Gasteiger partial charge in [0.05, 0.1) is 0 Å². The van der Waals surface area contributed by atoms with E-state index >= 15 is 0 Å². The van der Waals surface area contributed by atoms with Gasteiger partial charge in [0.25, 0.3) is 0 Å². The van der Waals surface area contributed by atoms with Crippen molar-refractivity contribution in [2.75, 3.05) is 19.6 Å². The summed E-state index contributed by atoms with van der Waals surface area (Å²) in [4.78, 5) is 2.67. The molecular weight excluding hydrogens is 232 g/mol. The van der Waals surface area contributed by atoms with Gasteiger partial charge in [0.1, 0.15) is 0 Å². The molecule has 19 heavy (non-hydrogen) atoms. The number of likely N-dealkylation sites (tertiary alicyclic amines) is 1. The van der Waals surface area contributed by atoms with E-state index < -0.39 is 0 Å². The molecule has 0 amide bonds. The molecule has 2 atom stereocenters. The van der Waals surface area contributed by atoms with Gasteiger partial charge in [0.15, 0.2) is 0 Å². The lowest BCUT2D eigenvalue weighted by molar-refractivity contribution is 0.226. The van der Waals surface area contributed by atoms with Crippen LogP contribution in [0.3, 0.4) is 0 Å². The summed E-state index contributed by atoms with van der Waals surface area (Å²) < 4.78 is 0. The van der Waals surface area contributed by atoms with E-state index in [0.717, 1.165) is 12.5 Å². The number of nitrogens with zero attached hydrogens (tertiary/aromatic N) is 1. The molecule has 106 valence electrons. The van der Waals surface area contributed by atoms with Gasteiger partial charge in [-0.2, -0.15) is 0 Å². The second-order valence-corrected chi connectivity index (χ2v) is 6.05. The number of nitrogens with one attached hydrogen (secondary N) is 1. The largest absolute Gasteiger partial charge is 0.313 e. The summed E-state index contributed by atoms with van der Waals surface area (Å²) in [7, 11) is 0. The first-order valence-corrected chi connectivity index (χ1v) is 7.73. The van der Waals surface area contributed by atoms with Crippen molar-refractivity contribution in [3.63, 3.8) is 0 Å². The van der Waals surface area contributed by atoms with Crippen LogP contribution in [0.1, 0.15) is 45.2 Å². The molecule has 1 fully saturated rings. The minimum atomic E-state index is 0.528. The highest BCUT2D eigenvalue weighted by atomic mass is 15.2. The summed E-state index contributed by atoms with van der Waals surface area (Å²) in [6.07, 6.45) is 2.68. The summed E-state index contributed by atoms with van der Waals surface area (Å²) in [6, 6.07) is 12.0. The SMILES string of the molecule is CCC1CCN(C(CNC(C)C)c2ccccc2)C1. The van der Waals surface area contributed by atoms with Gasteiger partial charge in [-0.15, -0.1) is 0 Å². The minimum absolute atomic E-state index is 0.528. The van der Waals surface area contributed by atoms with Gasteiger partial charge in [-0.25, -0.2) is 0 Å². The third-order valence-electron chi connectivity index (χ3n) is 4.24. The molecule has 2 unspecified atom stereocenters. The van der Waals surface area contributed by atoms with E-state index in [1.54, 1.807) is 0 Å². The molecule has 1 aromatic carbocycles. The lowest BCUT2D eigenvalue weighted by Gasteiger charge is -2.29. The molecular formula is C17H28N2. The Hall–Kier alpha value is -0.860. The highest BCUT2D eigenvalue weighted by Gasteiger charge is 2.28. The zero-order chi connectivity index (χ0) is 13.7. The summed E-state index contributed by atoms with van der Waals surface area (Å²) in [5, 5.41) is 3.61. The summed E-state index contributed by atoms with van der Waals surface area (Å²) in [5.74, 6) is 0.894. The van der Waals surface area contributed by atoms with Crippen LogP contribution in [0.15, 0.2) is 30.3 Å². The fourth-order valence-electron chi connectivity index (χ4n) is 2.96. The van der Waals surface area contributed by atoms with Crippen LogP contribution in [-0.2, 0) is 0 Å². The third kappa shape index (κ3) is 4.05. The van der Waals surface area contributed by atoms with Crippen LogP contribution in [0.2, 0.25) is 0 Å². The molecule has 0 bridgehead atoms. The van der Waals surface area contributed by atoms with Crippen LogP contribution in [0.25, 0.3) is 0 Å². The van der Waals surface area contributed by atoms with Gasteiger partial charge in [-0.1, -0.05) is 57.5 Å². The van der Waals surface area contributed by atoms with Crippen molar-refractivity contribution in [3.8, 4) is 0 Å². The molecule has 2 nitrogen and oxygen atoms in total. The Morgan fingerprint density at radius 3 is 2.58 bits per heavy atom. The quantitative estimate of drug-likeness (QED) is 0.842. The highest BCUT2D eigenvalue weighted by molar-refractivity contribution is 5.20. The molecule has 0 aliphatic carbocycles. The van der Waals surface area contributed by atoms with Gasteiger partial charge in [-0.05, 0) is 24.4 Å². The summed E-state index contributed by atoms with van der Waals surface area (Å²) in [6.45, 7) is 10.3. The normalized spacial score (nSPS) is 22.0. The van der Waals surface area contributed by atoms with E-state index in [-0.39, 0.29) is 0 Å². The average molecular weight is 260 g/mol. The van der Waals surface area contributed by atoms with Gasteiger partial charge in [0.2, 0.25) is 0 Å². The van der Waals surface area contributed by atoms with E-state index in [1.807, 2.05) is 0 Å². The number of benzene rings is 1. The Balaban J connectivity index is 2.06. The Kier molecular flexibility index (Phi) is 5.41. The van der Waals surface area contributed by atoms with Gasteiger partial charge >= 0.3 is 0 Å². The molecule has 0 saturated carbocycles. The molecule has 1 N–H and O–H groups in total. The first-order valence-electron chi connectivity index (χ1n) is 7.73. The van der Waals surface area contributed by atoms with Crippen LogP contribution in [0, 0.1) is 5.92 Å². The number of hydrogen-bond acceptors (Lipinski definition) is 2. The fourth-order valence-corrected chi connectivity index (χ4v) is 2.96. The summed E-state index contributed by atoms with van der Waals surface area (Å²) >= 11 is 0. The molecule has 1 heterocycles. The maximum Gasteiger partial charge on any atom is 0.0472 e. The molecule has 1 aliphatic heterocycles. The first-order chi connectivity index (χ1) is 9.20. The molecule has 0 aromatic heterocycles. The van der Waals surface area contributed by atoms with E-state index in [4.69, 9.17) is 0 Å². The standard InChI is InChI=1S/C17H28N2/c1-4-15-10-11-19(13-15)17(12-18-14(2)3)16-8-6-5-7-9-16/h5-9,14-15,17-18H,4,10-13H2,1-3H3. The molecule has 2 heteroatoms. The molecule has 1 aliphatic rings. The van der Waals surface area contributed by atoms with Crippen molar-refractivity contribution in [3.05, 3.63) is 35.9 Å². The minimum Gasteiger partial charge on any atom is -0.313 e. The van der Waals surface area contributed by atoms with Crippen LogP contribution in [0.5, 0.6) is 0 Å². The predicted octanol–water partition coefficient (Wildman–Crippen LogP) is 3.46. The lowest BCUT2D eigenvalue weighted by Crippen LogP contribution is -2.37. The van der Waals surface area contributed by atoms with E-state index in [1.165, 1.54) is 31.5 Å². The monoisotopic (exact) mass is 260 g/mol. The van der Waals surface area contributed by atoms with Crippen molar-refractivity contribution in [1.29, 1.82) is 0 Å². The first kappa shape index (κ1) is 14.5. The average Bonchev–Trinajstić information content (AvgIpc) is 2.89. The fraction of sp³-hybridized carbons (Fsp3) is 0.647. The van der Waals surface area contributed by atoms with E-state index in [0.29, 0.717) is 12.1 Å². The van der Waals surface area contributed by atoms with Gasteiger partial charge < -0.3 is 5.32 Å². The topological polar surface area (TPSA) is 15.3 Å². The second kappa shape index (κ2) is 7.06. The third-order valence-corrected chi connectivity index (χ3v) is 4.24. The zero-order valence-electron chi connectivity index (χ0n) is 12.6. The Morgan fingerprint density at radius 1 is 1.26 bits per heavy atom. The smallest absolute Gasteiger partial charge is 0.0472 e. The van der Waals surface area contributed by atoms with Crippen molar-refractivity contribution in [2.45, 2.75) is 45.7 Å². The molecule has 0 radical (unpaired) electrons. The maximum atomic E-state index is 3.61. The van der Waals surface area contributed by atoms with Gasteiger partial charge in [-0.3, -0.25) is 4.90 Å². The van der Waals surface area contributed by atoms with E-state index in [9.17, 15) is 0 Å². The van der Waals surface area contributed by atoms with Crippen LogP contribution in [-0.4, -0.2) is 30.6 Å². The van der Waals surface area contributed by atoms with Crippen molar-refractivity contribution < 1.29 is 0 Å².